The van der Waals surface area contributed by atoms with Crippen molar-refractivity contribution in [2.45, 2.75) is 419 Å². The van der Waals surface area contributed by atoms with Crippen LogP contribution >= 0.6 is 0 Å². The van der Waals surface area contributed by atoms with Crippen LogP contribution in [0.25, 0.3) is 0 Å². The molecule has 0 bridgehead atoms. The molecule has 4 rings (SSSR count). The molecule has 16 N–H and O–H groups in total. The summed E-state index contributed by atoms with van der Waals surface area (Å²) in [6.45, 7) is 2.04. The van der Waals surface area contributed by atoms with Crippen molar-refractivity contribution in [2.24, 2.45) is 5.92 Å². The fourth-order valence-electron chi connectivity index (χ4n) is 14.8. The average Bonchev–Trinajstić information content (AvgIpc) is 0.749. The molecule has 0 spiro atoms. The third kappa shape index (κ3) is 32.7. The molecule has 4 aliphatic rings. The molecular formula is C76H140N2O26. The number of Topliss-reactive ketones (excluding diaryl/α,β-unsaturated/α-hetero) is 1. The molecule has 2 amide bonds. The van der Waals surface area contributed by atoms with Gasteiger partial charge in [0.05, 0.1) is 63.4 Å². The summed E-state index contributed by atoms with van der Waals surface area (Å²) in [5, 5.41) is 161. The van der Waals surface area contributed by atoms with Gasteiger partial charge in [-0.1, -0.05) is 239 Å². The summed E-state index contributed by atoms with van der Waals surface area (Å²) in [5.74, 6) is -8.49. The molecule has 4 aliphatic heterocycles. The molecule has 28 nitrogen and oxygen atoms in total. The summed E-state index contributed by atoms with van der Waals surface area (Å²) in [6, 6.07) is -2.70. The second-order valence-corrected chi connectivity index (χ2v) is 30.0. The Morgan fingerprint density at radius 2 is 0.923 bits per heavy atom. The summed E-state index contributed by atoms with van der Waals surface area (Å²) < 4.78 is 48.3. The molecule has 4 saturated heterocycles. The van der Waals surface area contributed by atoms with Crippen LogP contribution in [0.15, 0.2) is 0 Å². The molecular weight excluding hydrogens is 1360 g/mol. The van der Waals surface area contributed by atoms with Crippen LogP contribution in [0.5, 0.6) is 0 Å². The molecule has 0 aromatic heterocycles. The number of carboxylic acid groups (broad SMARTS) is 1. The van der Waals surface area contributed by atoms with E-state index in [4.69, 9.17) is 37.9 Å². The van der Waals surface area contributed by atoms with Crippen molar-refractivity contribution in [2.75, 3.05) is 33.0 Å². The van der Waals surface area contributed by atoms with Crippen LogP contribution in [0, 0.1) is 5.92 Å². The molecule has 1 unspecified atom stereocenters. The highest BCUT2D eigenvalue weighted by Crippen LogP contribution is 2.41. The van der Waals surface area contributed by atoms with E-state index < -0.39 is 204 Å². The summed E-state index contributed by atoms with van der Waals surface area (Å²) in [6.07, 6.45) is 5.10. The standard InChI is InChI=1S/C76H140N2O26/c1-5-7-9-11-13-15-17-19-20-21-22-23-24-25-26-27-28-30-32-34-36-38-40-42-60(88)78-53(54(85)41-39-37-35-33-31-29-18-16-14-12-10-8-6-2)49-97-73-66(93)65(92)68(58(47-81)99-73)101-74-67(94)71(69(59(48-82)100-74)102-72-52(43-50(3)83)62(89)64(91)57(46-80)98-72)104-76(75(95)96)44-55(86)61(77-51(4)84)70(103-76)63(90)56(87)45-79/h52-59,61-74,79-82,85-87,89-94H,5-49H2,1-4H3,(H,77,84)(H,78,88)(H,95,96)/t52-,53+,54-,55+,56-,57-,58-,59-,61-,62-,63-,64+,65-,66-,67-,68-,69+,70?,71-,72+,73-,74+,76+/m1/s1. The maximum atomic E-state index is 13.6. The van der Waals surface area contributed by atoms with Crippen LogP contribution in [0.3, 0.4) is 0 Å². The Morgan fingerprint density at radius 3 is 1.37 bits per heavy atom. The van der Waals surface area contributed by atoms with E-state index in [0.29, 0.717) is 19.3 Å². The second-order valence-electron chi connectivity index (χ2n) is 30.0. The molecule has 0 saturated carbocycles. The number of carbonyl (C=O) groups is 4. The first kappa shape index (κ1) is 93.6. The van der Waals surface area contributed by atoms with Crippen molar-refractivity contribution < 1.29 is 129 Å². The van der Waals surface area contributed by atoms with E-state index in [1.807, 2.05) is 0 Å². The van der Waals surface area contributed by atoms with Crippen molar-refractivity contribution >= 4 is 23.6 Å². The highest BCUT2D eigenvalue weighted by atomic mass is 16.8. The van der Waals surface area contributed by atoms with E-state index in [2.05, 4.69) is 24.5 Å². The lowest BCUT2D eigenvalue weighted by molar-refractivity contribution is -0.403. The Morgan fingerprint density at radius 1 is 0.490 bits per heavy atom. The first-order valence-corrected chi connectivity index (χ1v) is 40.1. The van der Waals surface area contributed by atoms with Crippen molar-refractivity contribution in [3.63, 3.8) is 0 Å². The minimum Gasteiger partial charge on any atom is -0.477 e. The largest absolute Gasteiger partial charge is 0.477 e. The maximum Gasteiger partial charge on any atom is 0.364 e. The van der Waals surface area contributed by atoms with Gasteiger partial charge < -0.3 is 125 Å². The van der Waals surface area contributed by atoms with Crippen LogP contribution in [-0.4, -0.2) is 262 Å². The number of carboxylic acids is 1. The molecule has 0 aliphatic carbocycles. The minimum atomic E-state index is -3.26. The lowest BCUT2D eigenvalue weighted by Crippen LogP contribution is -2.71. The molecule has 0 aromatic carbocycles. The Bertz CT molecular complexity index is 2270. The van der Waals surface area contributed by atoms with Crippen molar-refractivity contribution in [1.29, 1.82) is 0 Å². The van der Waals surface area contributed by atoms with Crippen LogP contribution < -0.4 is 10.6 Å². The molecule has 610 valence electrons. The predicted octanol–water partition coefficient (Wildman–Crippen LogP) is 5.57. The van der Waals surface area contributed by atoms with E-state index >= 15 is 0 Å². The third-order valence-corrected chi connectivity index (χ3v) is 21.1. The number of ether oxygens (including phenoxy) is 8. The van der Waals surface area contributed by atoms with Gasteiger partial charge in [0.15, 0.2) is 18.9 Å². The number of aliphatic carboxylic acids is 1. The molecule has 0 radical (unpaired) electrons. The average molecular weight is 1500 g/mol. The summed E-state index contributed by atoms with van der Waals surface area (Å²) >= 11 is 0. The molecule has 104 heavy (non-hydrogen) atoms. The molecule has 28 heteroatoms. The fraction of sp³-hybridized carbons (Fsp3) is 0.947. The van der Waals surface area contributed by atoms with Crippen LogP contribution in [-0.2, 0) is 57.1 Å². The minimum absolute atomic E-state index is 0.189. The maximum absolute atomic E-state index is 13.6. The van der Waals surface area contributed by atoms with Gasteiger partial charge in [-0.2, -0.15) is 0 Å². The smallest absolute Gasteiger partial charge is 0.364 e. The SMILES string of the molecule is CCCCCCCCCCCCCCCCCCCCCCCCCC(=O)N[C@@H](CO[C@@H]1O[C@H](CO)[C@@H](O[C@@H]2O[C@H](CO)[C@H](O[C@@H]3O[C@H](CO)[C@H](O)[C@H](O)[C@H]3CC(C)=O)[C@H](O[C@]3(C(=O)O)C[C@H](O)[C@@H](NC(C)=O)C([C@H](O)[C@H](O)CO)O3)[C@H]2O)[C@H](O)[C@H]1O)[C@H](O)CCCCCCCCCCCCCCC. The first-order chi connectivity index (χ1) is 50.0. The number of amides is 2. The zero-order valence-corrected chi connectivity index (χ0v) is 63.2. The predicted molar refractivity (Wildman–Crippen MR) is 384 cm³/mol. The Kier molecular flexibility index (Phi) is 47.9. The van der Waals surface area contributed by atoms with Crippen molar-refractivity contribution in [3.8, 4) is 0 Å². The zero-order chi connectivity index (χ0) is 76.4. The van der Waals surface area contributed by atoms with Gasteiger partial charge in [-0.3, -0.25) is 9.59 Å². The van der Waals surface area contributed by atoms with Gasteiger partial charge in [-0.15, -0.1) is 0 Å². The second kappa shape index (κ2) is 53.2. The number of rotatable bonds is 59. The van der Waals surface area contributed by atoms with Crippen LogP contribution in [0.1, 0.15) is 285 Å². The monoisotopic (exact) mass is 1500 g/mol. The number of carbonyl (C=O) groups excluding carboxylic acids is 3. The summed E-state index contributed by atoms with van der Waals surface area (Å²) in [4.78, 5) is 52.2. The van der Waals surface area contributed by atoms with E-state index in [9.17, 15) is 90.7 Å². The van der Waals surface area contributed by atoms with Crippen LogP contribution in [0.4, 0.5) is 0 Å². The number of aliphatic hydroxyl groups is 13. The summed E-state index contributed by atoms with van der Waals surface area (Å²) in [5.41, 5.74) is 0. The Balaban J connectivity index is 1.44. The quantitative estimate of drug-likeness (QED) is 0.0331. The lowest BCUT2D eigenvalue weighted by Gasteiger charge is -2.52. The Labute approximate surface area is 618 Å². The third-order valence-electron chi connectivity index (χ3n) is 21.1. The van der Waals surface area contributed by atoms with Crippen molar-refractivity contribution in [3.05, 3.63) is 0 Å². The number of unbranched alkanes of at least 4 members (excludes halogenated alkanes) is 34. The van der Waals surface area contributed by atoms with Gasteiger partial charge in [0.2, 0.25) is 11.8 Å². The number of hydrogen-bond donors (Lipinski definition) is 16. The van der Waals surface area contributed by atoms with Gasteiger partial charge in [0.1, 0.15) is 85.1 Å². The van der Waals surface area contributed by atoms with Crippen molar-refractivity contribution in [1.82, 2.24) is 10.6 Å². The number of hydrogen-bond acceptors (Lipinski definition) is 25. The first-order valence-electron chi connectivity index (χ1n) is 40.1. The van der Waals surface area contributed by atoms with Gasteiger partial charge in [0, 0.05) is 32.1 Å². The molecule has 4 fully saturated rings. The summed E-state index contributed by atoms with van der Waals surface area (Å²) in [7, 11) is 0. The van der Waals surface area contributed by atoms with Gasteiger partial charge >= 0.3 is 5.97 Å². The van der Waals surface area contributed by atoms with Gasteiger partial charge in [-0.05, 0) is 19.8 Å². The lowest BCUT2D eigenvalue weighted by atomic mass is 9.87. The van der Waals surface area contributed by atoms with Gasteiger partial charge in [0.25, 0.3) is 5.79 Å². The van der Waals surface area contributed by atoms with Gasteiger partial charge in [-0.25, -0.2) is 4.79 Å². The number of aliphatic hydroxyl groups excluding tert-OH is 13. The topological polar surface area (TPSA) is 449 Å². The van der Waals surface area contributed by atoms with E-state index in [0.717, 1.165) is 65.2 Å². The molecule has 23 atom stereocenters. The van der Waals surface area contributed by atoms with E-state index in [-0.39, 0.29) is 12.3 Å². The Hall–Kier alpha value is -2.76. The van der Waals surface area contributed by atoms with Crippen LogP contribution in [0.2, 0.25) is 0 Å². The molecule has 4 heterocycles. The highest BCUT2D eigenvalue weighted by molar-refractivity contribution is 5.77. The fourth-order valence-corrected chi connectivity index (χ4v) is 14.8. The zero-order valence-electron chi connectivity index (χ0n) is 63.2. The number of ketones is 1. The van der Waals surface area contributed by atoms with E-state index in [1.54, 1.807) is 0 Å². The van der Waals surface area contributed by atoms with E-state index in [1.165, 1.54) is 167 Å². The molecule has 0 aromatic rings. The normalized spacial score (nSPS) is 30.7. The number of nitrogens with one attached hydrogen (secondary N) is 2. The highest BCUT2D eigenvalue weighted by Gasteiger charge is 2.62.